The number of benzene rings is 1. The Labute approximate surface area is 121 Å². The average molecular weight is 324 g/mol. The maximum atomic E-state index is 12.3. The van der Waals surface area contributed by atoms with Gasteiger partial charge in [0.1, 0.15) is 0 Å². The highest BCUT2D eigenvalue weighted by Crippen LogP contribution is 2.48. The number of carbonyl (C=O) groups excluding carboxylic acids is 1. The number of nitrogens with one attached hydrogen (secondary N) is 1. The molecule has 0 aromatic heterocycles. The topological polar surface area (TPSA) is 49.3 Å². The van der Waals surface area contributed by atoms with E-state index in [9.17, 15) is 9.90 Å². The summed E-state index contributed by atoms with van der Waals surface area (Å²) in [6.45, 7) is 1.98. The Kier molecular flexibility index (Phi) is 3.18. The summed E-state index contributed by atoms with van der Waals surface area (Å²) in [6, 6.07) is 3.85. The lowest BCUT2D eigenvalue weighted by Gasteiger charge is -2.33. The molecular formula is C15H18BrNO2. The molecule has 0 radical (unpaired) electrons. The zero-order valence-electron chi connectivity index (χ0n) is 11.0. The van der Waals surface area contributed by atoms with Gasteiger partial charge in [-0.1, -0.05) is 31.4 Å². The molecule has 2 aliphatic rings. The van der Waals surface area contributed by atoms with E-state index in [1.165, 1.54) is 6.42 Å². The zero-order valence-corrected chi connectivity index (χ0v) is 12.6. The summed E-state index contributed by atoms with van der Waals surface area (Å²) in [5.41, 5.74) is 1.21. The van der Waals surface area contributed by atoms with Gasteiger partial charge in [-0.05, 0) is 41.3 Å². The number of hydrogen-bond donors (Lipinski definition) is 2. The van der Waals surface area contributed by atoms with Gasteiger partial charge in [-0.2, -0.15) is 0 Å². The Morgan fingerprint density at radius 3 is 2.68 bits per heavy atom. The predicted molar refractivity (Wildman–Crippen MR) is 78.0 cm³/mol. The molecule has 0 bridgehead atoms. The van der Waals surface area contributed by atoms with E-state index in [0.29, 0.717) is 0 Å². The minimum atomic E-state index is -1.34. The first kappa shape index (κ1) is 13.1. The molecular weight excluding hydrogens is 306 g/mol. The molecule has 1 aliphatic heterocycles. The normalized spacial score (nSPS) is 27.2. The fraction of sp³-hybridized carbons (Fsp3) is 0.533. The van der Waals surface area contributed by atoms with Crippen LogP contribution in [-0.2, 0) is 10.4 Å². The molecule has 3 nitrogen and oxygen atoms in total. The summed E-state index contributed by atoms with van der Waals surface area (Å²) in [5, 5.41) is 13.9. The van der Waals surface area contributed by atoms with Crippen molar-refractivity contribution < 1.29 is 9.90 Å². The van der Waals surface area contributed by atoms with Crippen molar-refractivity contribution in [2.75, 3.05) is 5.32 Å². The van der Waals surface area contributed by atoms with Crippen LogP contribution >= 0.6 is 15.9 Å². The number of halogens is 1. The molecule has 19 heavy (non-hydrogen) atoms. The molecule has 0 spiro atoms. The van der Waals surface area contributed by atoms with Crippen LogP contribution in [0.4, 0.5) is 5.69 Å². The van der Waals surface area contributed by atoms with Gasteiger partial charge in [-0.3, -0.25) is 4.79 Å². The molecule has 1 aromatic rings. The summed E-state index contributed by atoms with van der Waals surface area (Å²) in [5.74, 6) is -0.224. The summed E-state index contributed by atoms with van der Waals surface area (Å²) < 4.78 is 0.880. The van der Waals surface area contributed by atoms with Crippen molar-refractivity contribution in [3.63, 3.8) is 0 Å². The Balaban J connectivity index is 2.09. The average Bonchev–Trinajstić information content (AvgIpc) is 2.69. The fourth-order valence-electron chi connectivity index (χ4n) is 3.38. The van der Waals surface area contributed by atoms with Crippen LogP contribution in [0.5, 0.6) is 0 Å². The van der Waals surface area contributed by atoms with Crippen LogP contribution in [-0.4, -0.2) is 11.0 Å². The molecule has 1 atom stereocenters. The molecule has 1 amide bonds. The van der Waals surface area contributed by atoms with E-state index in [2.05, 4.69) is 21.2 Å². The second-order valence-electron chi connectivity index (χ2n) is 5.67. The Hall–Kier alpha value is -0.870. The largest absolute Gasteiger partial charge is 0.375 e. The molecule has 3 rings (SSSR count). The van der Waals surface area contributed by atoms with Gasteiger partial charge in [0.2, 0.25) is 0 Å². The third-order valence-corrected chi connectivity index (χ3v) is 5.55. The Morgan fingerprint density at radius 1 is 1.32 bits per heavy atom. The third kappa shape index (κ3) is 1.84. The lowest BCUT2D eigenvalue weighted by molar-refractivity contribution is -0.141. The first-order chi connectivity index (χ1) is 9.05. The summed E-state index contributed by atoms with van der Waals surface area (Å²) >= 11 is 3.51. The van der Waals surface area contributed by atoms with Gasteiger partial charge < -0.3 is 10.4 Å². The van der Waals surface area contributed by atoms with Gasteiger partial charge in [-0.25, -0.2) is 0 Å². The third-order valence-electron chi connectivity index (χ3n) is 4.53. The first-order valence-corrected chi connectivity index (χ1v) is 7.68. The van der Waals surface area contributed by atoms with Crippen molar-refractivity contribution in [1.29, 1.82) is 0 Å². The van der Waals surface area contributed by atoms with Gasteiger partial charge in [0.15, 0.2) is 5.60 Å². The number of fused-ring (bicyclic) bond motifs is 1. The molecule has 102 valence electrons. The Morgan fingerprint density at radius 2 is 2.00 bits per heavy atom. The smallest absolute Gasteiger partial charge is 0.261 e. The van der Waals surface area contributed by atoms with Crippen LogP contribution in [0.3, 0.4) is 0 Å². The van der Waals surface area contributed by atoms with Crippen molar-refractivity contribution in [1.82, 2.24) is 0 Å². The molecule has 1 aromatic carbocycles. The number of anilines is 1. The number of aryl methyl sites for hydroxylation is 1. The molecule has 1 fully saturated rings. The van der Waals surface area contributed by atoms with Gasteiger partial charge in [0.05, 0.1) is 5.69 Å². The molecule has 1 heterocycles. The van der Waals surface area contributed by atoms with Crippen LogP contribution in [0.25, 0.3) is 0 Å². The molecule has 4 heteroatoms. The lowest BCUT2D eigenvalue weighted by Crippen LogP contribution is -2.42. The highest BCUT2D eigenvalue weighted by molar-refractivity contribution is 9.10. The first-order valence-electron chi connectivity index (χ1n) is 6.88. The second kappa shape index (κ2) is 4.60. The molecule has 1 aliphatic carbocycles. The van der Waals surface area contributed by atoms with Gasteiger partial charge in [0, 0.05) is 16.0 Å². The van der Waals surface area contributed by atoms with Crippen LogP contribution in [0.15, 0.2) is 16.6 Å². The summed E-state index contributed by atoms with van der Waals surface area (Å²) in [6.07, 6.45) is 5.26. The Bertz CT molecular complexity index is 537. The van der Waals surface area contributed by atoms with E-state index >= 15 is 0 Å². The molecule has 1 unspecified atom stereocenters. The standard InChI is InChI=1S/C15H18BrNO2/c1-9-7-8-11-13(12(9)16)17-14(18)15(11,19)10-5-3-2-4-6-10/h7-8,10,19H,2-6H2,1H3,(H,17,18). The van der Waals surface area contributed by atoms with E-state index in [1.54, 1.807) is 0 Å². The second-order valence-corrected chi connectivity index (χ2v) is 6.47. The maximum absolute atomic E-state index is 12.3. The van der Waals surface area contributed by atoms with E-state index in [0.717, 1.165) is 47.0 Å². The van der Waals surface area contributed by atoms with Crippen molar-refractivity contribution in [2.45, 2.75) is 44.6 Å². The molecule has 1 saturated carbocycles. The van der Waals surface area contributed by atoms with Crippen LogP contribution in [0.2, 0.25) is 0 Å². The highest BCUT2D eigenvalue weighted by atomic mass is 79.9. The van der Waals surface area contributed by atoms with Crippen LogP contribution in [0.1, 0.15) is 43.2 Å². The maximum Gasteiger partial charge on any atom is 0.261 e. The monoisotopic (exact) mass is 323 g/mol. The quantitative estimate of drug-likeness (QED) is 0.831. The van der Waals surface area contributed by atoms with E-state index < -0.39 is 5.60 Å². The highest BCUT2D eigenvalue weighted by Gasteiger charge is 2.51. The fourth-order valence-corrected chi connectivity index (χ4v) is 3.82. The van der Waals surface area contributed by atoms with Gasteiger partial charge >= 0.3 is 0 Å². The summed E-state index contributed by atoms with van der Waals surface area (Å²) in [4.78, 5) is 12.3. The minimum Gasteiger partial charge on any atom is -0.375 e. The minimum absolute atomic E-state index is 0.0390. The predicted octanol–water partition coefficient (Wildman–Crippen LogP) is 3.48. The summed E-state index contributed by atoms with van der Waals surface area (Å²) in [7, 11) is 0. The number of carbonyl (C=O) groups is 1. The van der Waals surface area contributed by atoms with Crippen molar-refractivity contribution >= 4 is 27.5 Å². The molecule has 2 N–H and O–H groups in total. The lowest BCUT2D eigenvalue weighted by atomic mass is 9.74. The number of hydrogen-bond acceptors (Lipinski definition) is 2. The van der Waals surface area contributed by atoms with Crippen LogP contribution < -0.4 is 5.32 Å². The number of aliphatic hydroxyl groups is 1. The van der Waals surface area contributed by atoms with E-state index in [1.807, 2.05) is 19.1 Å². The number of amides is 1. The van der Waals surface area contributed by atoms with Gasteiger partial charge in [-0.15, -0.1) is 0 Å². The van der Waals surface area contributed by atoms with Crippen LogP contribution in [0, 0.1) is 12.8 Å². The zero-order chi connectivity index (χ0) is 13.6. The number of rotatable bonds is 1. The van der Waals surface area contributed by atoms with Crippen molar-refractivity contribution in [3.8, 4) is 0 Å². The van der Waals surface area contributed by atoms with E-state index in [-0.39, 0.29) is 11.8 Å². The van der Waals surface area contributed by atoms with Crippen molar-refractivity contribution in [3.05, 3.63) is 27.7 Å². The van der Waals surface area contributed by atoms with Gasteiger partial charge in [0.25, 0.3) is 5.91 Å². The molecule has 0 saturated heterocycles. The van der Waals surface area contributed by atoms with Crippen molar-refractivity contribution in [2.24, 2.45) is 5.92 Å². The van der Waals surface area contributed by atoms with E-state index in [4.69, 9.17) is 0 Å². The SMILES string of the molecule is Cc1ccc2c(c1Br)NC(=O)C2(O)C1CCCCC1.